The fourth-order valence-electron chi connectivity index (χ4n) is 2.67. The minimum atomic E-state index is 0.615. The van der Waals surface area contributed by atoms with E-state index < -0.39 is 0 Å². The van der Waals surface area contributed by atoms with Crippen LogP contribution in [0.4, 0.5) is 0 Å². The SMILES string of the molecule is Cc1cc(C)c(C)c(CCCCCNC(C)C)c1C. The zero-order chi connectivity index (χ0) is 14.4. The van der Waals surface area contributed by atoms with Crippen LogP contribution < -0.4 is 5.32 Å². The highest BCUT2D eigenvalue weighted by Crippen LogP contribution is 2.23. The topological polar surface area (TPSA) is 12.0 Å². The van der Waals surface area contributed by atoms with Crippen LogP contribution in [0.1, 0.15) is 60.9 Å². The second-order valence-corrected chi connectivity index (χ2v) is 6.16. The van der Waals surface area contributed by atoms with E-state index in [-0.39, 0.29) is 0 Å². The molecule has 1 rings (SSSR count). The van der Waals surface area contributed by atoms with Crippen molar-refractivity contribution >= 4 is 0 Å². The summed E-state index contributed by atoms with van der Waals surface area (Å²) < 4.78 is 0. The van der Waals surface area contributed by atoms with Gasteiger partial charge in [0.2, 0.25) is 0 Å². The van der Waals surface area contributed by atoms with Gasteiger partial charge < -0.3 is 5.32 Å². The molecule has 0 aliphatic heterocycles. The summed E-state index contributed by atoms with van der Waals surface area (Å²) in [6.45, 7) is 14.6. The van der Waals surface area contributed by atoms with Gasteiger partial charge in [-0.1, -0.05) is 26.3 Å². The van der Waals surface area contributed by atoms with Gasteiger partial charge in [0.05, 0.1) is 0 Å². The van der Waals surface area contributed by atoms with Crippen molar-refractivity contribution in [2.24, 2.45) is 0 Å². The molecule has 0 spiro atoms. The lowest BCUT2D eigenvalue weighted by molar-refractivity contribution is 0.548. The highest BCUT2D eigenvalue weighted by Gasteiger charge is 2.07. The molecule has 0 aromatic heterocycles. The first-order valence-electron chi connectivity index (χ1n) is 7.73. The fraction of sp³-hybridized carbons (Fsp3) is 0.667. The van der Waals surface area contributed by atoms with Gasteiger partial charge in [-0.15, -0.1) is 0 Å². The van der Waals surface area contributed by atoms with Crippen molar-refractivity contribution in [2.45, 2.75) is 73.3 Å². The molecule has 1 heteroatoms. The molecule has 0 bridgehead atoms. The molecule has 1 nitrogen and oxygen atoms in total. The lowest BCUT2D eigenvalue weighted by Gasteiger charge is -2.15. The summed E-state index contributed by atoms with van der Waals surface area (Å²) in [5.74, 6) is 0. The maximum Gasteiger partial charge on any atom is 0.00103 e. The second-order valence-electron chi connectivity index (χ2n) is 6.16. The number of hydrogen-bond donors (Lipinski definition) is 1. The van der Waals surface area contributed by atoms with E-state index in [2.05, 4.69) is 52.9 Å². The molecular weight excluding hydrogens is 230 g/mol. The number of nitrogens with one attached hydrogen (secondary N) is 1. The first kappa shape index (κ1) is 16.2. The molecule has 108 valence electrons. The molecule has 0 unspecified atom stereocenters. The van der Waals surface area contributed by atoms with E-state index in [9.17, 15) is 0 Å². The van der Waals surface area contributed by atoms with Gasteiger partial charge in [0.25, 0.3) is 0 Å². The highest BCUT2D eigenvalue weighted by molar-refractivity contribution is 5.43. The summed E-state index contributed by atoms with van der Waals surface area (Å²) in [7, 11) is 0. The summed E-state index contributed by atoms with van der Waals surface area (Å²) in [4.78, 5) is 0. The number of rotatable bonds is 7. The number of benzene rings is 1. The van der Waals surface area contributed by atoms with Crippen LogP contribution in [-0.4, -0.2) is 12.6 Å². The van der Waals surface area contributed by atoms with Gasteiger partial charge in [0, 0.05) is 6.04 Å². The van der Waals surface area contributed by atoms with Gasteiger partial charge >= 0.3 is 0 Å². The Kier molecular flexibility index (Phi) is 6.57. The van der Waals surface area contributed by atoms with E-state index in [0.29, 0.717) is 6.04 Å². The third kappa shape index (κ3) is 4.99. The molecular formula is C18H31N. The Morgan fingerprint density at radius 3 is 2.00 bits per heavy atom. The van der Waals surface area contributed by atoms with Crippen molar-refractivity contribution in [3.8, 4) is 0 Å². The fourth-order valence-corrected chi connectivity index (χ4v) is 2.67. The molecule has 0 saturated heterocycles. The van der Waals surface area contributed by atoms with E-state index >= 15 is 0 Å². The third-order valence-corrected chi connectivity index (χ3v) is 4.18. The molecule has 0 fully saturated rings. The van der Waals surface area contributed by atoms with Crippen molar-refractivity contribution in [2.75, 3.05) is 6.54 Å². The van der Waals surface area contributed by atoms with Crippen LogP contribution >= 0.6 is 0 Å². The Labute approximate surface area is 119 Å². The zero-order valence-electron chi connectivity index (χ0n) is 13.7. The molecule has 0 saturated carbocycles. The maximum atomic E-state index is 3.49. The van der Waals surface area contributed by atoms with Crippen molar-refractivity contribution in [1.82, 2.24) is 5.32 Å². The molecule has 0 heterocycles. The summed E-state index contributed by atoms with van der Waals surface area (Å²) in [6, 6.07) is 2.93. The molecule has 0 aliphatic rings. The smallest absolute Gasteiger partial charge is 0.00103 e. The number of hydrogen-bond acceptors (Lipinski definition) is 1. The Hall–Kier alpha value is -0.820. The average molecular weight is 261 g/mol. The Morgan fingerprint density at radius 2 is 1.47 bits per heavy atom. The minimum absolute atomic E-state index is 0.615. The van der Waals surface area contributed by atoms with E-state index in [1.807, 2.05) is 0 Å². The molecule has 0 atom stereocenters. The van der Waals surface area contributed by atoms with Gasteiger partial charge in [-0.2, -0.15) is 0 Å². The van der Waals surface area contributed by atoms with Crippen LogP contribution in [-0.2, 0) is 6.42 Å². The molecule has 1 aromatic carbocycles. The van der Waals surface area contributed by atoms with Crippen molar-refractivity contribution < 1.29 is 0 Å². The predicted octanol–water partition coefficient (Wildman–Crippen LogP) is 4.63. The van der Waals surface area contributed by atoms with Crippen molar-refractivity contribution in [3.63, 3.8) is 0 Å². The van der Waals surface area contributed by atoms with Gasteiger partial charge in [-0.3, -0.25) is 0 Å². The monoisotopic (exact) mass is 261 g/mol. The highest BCUT2D eigenvalue weighted by atomic mass is 14.9. The normalized spacial score (nSPS) is 11.3. The summed E-state index contributed by atoms with van der Waals surface area (Å²) in [5.41, 5.74) is 7.49. The van der Waals surface area contributed by atoms with E-state index in [4.69, 9.17) is 0 Å². The maximum absolute atomic E-state index is 3.49. The number of unbranched alkanes of at least 4 members (excludes halogenated alkanes) is 2. The van der Waals surface area contributed by atoms with E-state index in [0.717, 1.165) is 6.54 Å². The second kappa shape index (κ2) is 7.69. The molecule has 19 heavy (non-hydrogen) atoms. The predicted molar refractivity (Wildman–Crippen MR) is 86.1 cm³/mol. The molecule has 1 aromatic rings. The van der Waals surface area contributed by atoms with Crippen LogP contribution in [0, 0.1) is 27.7 Å². The lowest BCUT2D eigenvalue weighted by atomic mass is 9.91. The first-order chi connectivity index (χ1) is 8.93. The quantitative estimate of drug-likeness (QED) is 0.706. The lowest BCUT2D eigenvalue weighted by Crippen LogP contribution is -2.23. The van der Waals surface area contributed by atoms with Crippen LogP contribution in [0.3, 0.4) is 0 Å². The minimum Gasteiger partial charge on any atom is -0.315 e. The number of aryl methyl sites for hydroxylation is 2. The summed E-state index contributed by atoms with van der Waals surface area (Å²) in [6.07, 6.45) is 5.17. The van der Waals surface area contributed by atoms with Crippen LogP contribution in [0.25, 0.3) is 0 Å². The zero-order valence-corrected chi connectivity index (χ0v) is 13.7. The molecule has 0 aliphatic carbocycles. The van der Waals surface area contributed by atoms with Crippen LogP contribution in [0.2, 0.25) is 0 Å². The third-order valence-electron chi connectivity index (χ3n) is 4.18. The largest absolute Gasteiger partial charge is 0.315 e. The van der Waals surface area contributed by atoms with Crippen molar-refractivity contribution in [3.05, 3.63) is 33.9 Å². The van der Waals surface area contributed by atoms with Gasteiger partial charge in [-0.25, -0.2) is 0 Å². The summed E-state index contributed by atoms with van der Waals surface area (Å²) in [5, 5.41) is 3.49. The first-order valence-corrected chi connectivity index (χ1v) is 7.73. The van der Waals surface area contributed by atoms with E-state index in [1.165, 1.54) is 47.9 Å². The van der Waals surface area contributed by atoms with Crippen LogP contribution in [0.15, 0.2) is 6.07 Å². The Bertz CT molecular complexity index is 378. The van der Waals surface area contributed by atoms with Gasteiger partial charge in [0.15, 0.2) is 0 Å². The molecule has 0 amide bonds. The van der Waals surface area contributed by atoms with Crippen LogP contribution in [0.5, 0.6) is 0 Å². The van der Waals surface area contributed by atoms with Crippen molar-refractivity contribution in [1.29, 1.82) is 0 Å². The Morgan fingerprint density at radius 1 is 0.895 bits per heavy atom. The Balaban J connectivity index is 2.45. The molecule has 1 N–H and O–H groups in total. The summed E-state index contributed by atoms with van der Waals surface area (Å²) >= 11 is 0. The van der Waals surface area contributed by atoms with Gasteiger partial charge in [0.1, 0.15) is 0 Å². The van der Waals surface area contributed by atoms with E-state index in [1.54, 1.807) is 5.56 Å². The van der Waals surface area contributed by atoms with Gasteiger partial charge in [-0.05, 0) is 81.3 Å². The standard InChI is InChI=1S/C18H31N/c1-13(2)19-11-9-7-8-10-18-16(5)14(3)12-15(4)17(18)6/h12-13,19H,7-11H2,1-6H3. The average Bonchev–Trinajstić information content (AvgIpc) is 2.34. The molecule has 0 radical (unpaired) electrons.